The molecule has 1 amide bonds. The van der Waals surface area contributed by atoms with Crippen molar-refractivity contribution in [2.45, 2.75) is 6.61 Å². The molecule has 1 N–H and O–H groups in total. The second-order valence-corrected chi connectivity index (χ2v) is 5.92. The van der Waals surface area contributed by atoms with Gasteiger partial charge in [0.05, 0.1) is 24.9 Å². The Bertz CT molecular complexity index is 923. The average Bonchev–Trinajstić information content (AvgIpc) is 3.17. The van der Waals surface area contributed by atoms with Crippen molar-refractivity contribution >= 4 is 23.2 Å². The zero-order valence-corrected chi connectivity index (χ0v) is 15.6. The lowest BCUT2D eigenvalue weighted by Gasteiger charge is -2.12. The quantitative estimate of drug-likeness (QED) is 0.631. The summed E-state index contributed by atoms with van der Waals surface area (Å²) >= 11 is 6.07. The van der Waals surface area contributed by atoms with Crippen LogP contribution < -0.4 is 19.5 Å². The van der Waals surface area contributed by atoms with Crippen LogP contribution in [0, 0.1) is 0 Å². The largest absolute Gasteiger partial charge is 0.495 e. The van der Waals surface area contributed by atoms with Crippen molar-refractivity contribution in [2.24, 2.45) is 0 Å². The molecule has 1 heterocycles. The van der Waals surface area contributed by atoms with Gasteiger partial charge in [0.15, 0.2) is 5.76 Å². The molecule has 7 heteroatoms. The van der Waals surface area contributed by atoms with Crippen molar-refractivity contribution in [1.82, 2.24) is 0 Å². The first-order chi connectivity index (χ1) is 13.1. The summed E-state index contributed by atoms with van der Waals surface area (Å²) in [6.07, 6.45) is 0. The zero-order valence-electron chi connectivity index (χ0n) is 14.8. The Morgan fingerprint density at radius 3 is 2.48 bits per heavy atom. The third kappa shape index (κ3) is 4.54. The first-order valence-corrected chi connectivity index (χ1v) is 8.48. The molecule has 3 aromatic rings. The molecule has 0 aliphatic carbocycles. The zero-order chi connectivity index (χ0) is 19.2. The van der Waals surface area contributed by atoms with Crippen molar-refractivity contribution in [3.63, 3.8) is 0 Å². The van der Waals surface area contributed by atoms with Crippen LogP contribution in [-0.4, -0.2) is 20.1 Å². The molecule has 0 spiro atoms. The smallest absolute Gasteiger partial charge is 0.291 e. The van der Waals surface area contributed by atoms with Crippen LogP contribution in [0.5, 0.6) is 17.2 Å². The van der Waals surface area contributed by atoms with Gasteiger partial charge in [-0.2, -0.15) is 0 Å². The van der Waals surface area contributed by atoms with Crippen LogP contribution in [0.25, 0.3) is 0 Å². The van der Waals surface area contributed by atoms with Crippen LogP contribution in [0.3, 0.4) is 0 Å². The van der Waals surface area contributed by atoms with Gasteiger partial charge in [-0.05, 0) is 24.3 Å². The number of carbonyl (C=O) groups excluding carboxylic acids is 1. The number of benzene rings is 2. The van der Waals surface area contributed by atoms with Gasteiger partial charge >= 0.3 is 0 Å². The number of rotatable bonds is 7. The number of amides is 1. The Hall–Kier alpha value is -3.12. The van der Waals surface area contributed by atoms with E-state index in [4.69, 9.17) is 30.2 Å². The number of halogens is 1. The van der Waals surface area contributed by atoms with Crippen LogP contribution in [0.15, 0.2) is 59.0 Å². The molecule has 1 aromatic heterocycles. The van der Waals surface area contributed by atoms with Gasteiger partial charge in [0.25, 0.3) is 5.91 Å². The Balaban J connectivity index is 1.69. The number of furan rings is 1. The Kier molecular flexibility index (Phi) is 5.88. The fourth-order valence-electron chi connectivity index (χ4n) is 2.39. The van der Waals surface area contributed by atoms with Gasteiger partial charge < -0.3 is 23.9 Å². The van der Waals surface area contributed by atoms with E-state index >= 15 is 0 Å². The highest BCUT2D eigenvalue weighted by atomic mass is 35.5. The standard InChI is InChI=1S/C20H18ClNO5/c1-24-18-11-16(19(25-2)10-15(18)21)22-20(23)17-9-8-14(27-17)12-26-13-6-4-3-5-7-13/h3-11H,12H2,1-2H3,(H,22,23). The first kappa shape index (κ1) is 18.7. The molecule has 0 aliphatic heterocycles. The lowest BCUT2D eigenvalue weighted by Crippen LogP contribution is -2.12. The number of methoxy groups -OCH3 is 2. The Morgan fingerprint density at radius 1 is 1.04 bits per heavy atom. The summed E-state index contributed by atoms with van der Waals surface area (Å²) in [5, 5.41) is 3.11. The second-order valence-electron chi connectivity index (χ2n) is 5.51. The summed E-state index contributed by atoms with van der Waals surface area (Å²) in [5.41, 5.74) is 0.419. The molecule has 0 atom stereocenters. The van der Waals surface area contributed by atoms with Crippen molar-refractivity contribution in [1.29, 1.82) is 0 Å². The van der Waals surface area contributed by atoms with E-state index in [2.05, 4.69) is 5.32 Å². The molecule has 27 heavy (non-hydrogen) atoms. The topological polar surface area (TPSA) is 69.9 Å². The van der Waals surface area contributed by atoms with Crippen LogP contribution >= 0.6 is 11.6 Å². The fourth-order valence-corrected chi connectivity index (χ4v) is 2.62. The minimum atomic E-state index is -0.427. The molecule has 0 fully saturated rings. The first-order valence-electron chi connectivity index (χ1n) is 8.10. The van der Waals surface area contributed by atoms with E-state index < -0.39 is 5.91 Å². The predicted molar refractivity (Wildman–Crippen MR) is 102 cm³/mol. The number of para-hydroxylation sites is 1. The molecule has 0 saturated carbocycles. The van der Waals surface area contributed by atoms with E-state index in [-0.39, 0.29) is 12.4 Å². The SMILES string of the molecule is COc1cc(NC(=O)c2ccc(COc3ccccc3)o2)c(OC)cc1Cl. The summed E-state index contributed by atoms with van der Waals surface area (Å²) in [6, 6.07) is 15.8. The minimum absolute atomic E-state index is 0.151. The molecule has 0 aliphatic rings. The van der Waals surface area contributed by atoms with Crippen LogP contribution in [0.2, 0.25) is 5.02 Å². The monoisotopic (exact) mass is 387 g/mol. The third-order valence-corrected chi connectivity index (χ3v) is 4.03. The van der Waals surface area contributed by atoms with Gasteiger partial charge in [-0.25, -0.2) is 0 Å². The van der Waals surface area contributed by atoms with E-state index in [1.807, 2.05) is 30.3 Å². The van der Waals surface area contributed by atoms with Gasteiger partial charge in [-0.3, -0.25) is 4.79 Å². The average molecular weight is 388 g/mol. The number of anilines is 1. The van der Waals surface area contributed by atoms with Gasteiger partial charge in [0, 0.05) is 12.1 Å². The molecule has 3 rings (SSSR count). The van der Waals surface area contributed by atoms with Gasteiger partial charge in [0.2, 0.25) is 0 Å². The molecule has 140 valence electrons. The molecule has 0 radical (unpaired) electrons. The molecular weight excluding hydrogens is 370 g/mol. The minimum Gasteiger partial charge on any atom is -0.495 e. The summed E-state index contributed by atoms with van der Waals surface area (Å²) in [5.74, 6) is 1.81. The maximum Gasteiger partial charge on any atom is 0.291 e. The van der Waals surface area contributed by atoms with Gasteiger partial charge in [-0.15, -0.1) is 0 Å². The molecule has 6 nitrogen and oxygen atoms in total. The number of ether oxygens (including phenoxy) is 3. The summed E-state index contributed by atoms with van der Waals surface area (Å²) in [7, 11) is 2.98. The second kappa shape index (κ2) is 8.51. The lowest BCUT2D eigenvalue weighted by atomic mass is 10.2. The van der Waals surface area contributed by atoms with Gasteiger partial charge in [-0.1, -0.05) is 29.8 Å². The van der Waals surface area contributed by atoms with Crippen LogP contribution in [0.4, 0.5) is 5.69 Å². The Labute approximate surface area is 161 Å². The van der Waals surface area contributed by atoms with Crippen LogP contribution in [-0.2, 0) is 6.61 Å². The lowest BCUT2D eigenvalue weighted by molar-refractivity contribution is 0.0992. The maximum atomic E-state index is 12.5. The normalized spacial score (nSPS) is 10.3. The summed E-state index contributed by atoms with van der Waals surface area (Å²) in [4.78, 5) is 12.5. The molecule has 0 saturated heterocycles. The van der Waals surface area contributed by atoms with Crippen molar-refractivity contribution in [2.75, 3.05) is 19.5 Å². The molecule has 2 aromatic carbocycles. The number of carbonyl (C=O) groups is 1. The summed E-state index contributed by atoms with van der Waals surface area (Å²) in [6.45, 7) is 0.218. The highest BCUT2D eigenvalue weighted by molar-refractivity contribution is 6.32. The molecular formula is C20H18ClNO5. The maximum absolute atomic E-state index is 12.5. The van der Waals surface area contributed by atoms with E-state index in [9.17, 15) is 4.79 Å². The van der Waals surface area contributed by atoms with Crippen molar-refractivity contribution in [3.05, 3.63) is 71.1 Å². The van der Waals surface area contributed by atoms with Gasteiger partial charge in [0.1, 0.15) is 29.6 Å². The van der Waals surface area contributed by atoms with E-state index in [1.165, 1.54) is 14.2 Å². The number of hydrogen-bond donors (Lipinski definition) is 1. The van der Waals surface area contributed by atoms with Crippen molar-refractivity contribution in [3.8, 4) is 17.2 Å². The molecule has 0 unspecified atom stereocenters. The third-order valence-electron chi connectivity index (χ3n) is 3.73. The number of nitrogens with one attached hydrogen (secondary N) is 1. The van der Waals surface area contributed by atoms with E-state index in [0.717, 1.165) is 5.75 Å². The molecule has 0 bridgehead atoms. The summed E-state index contributed by atoms with van der Waals surface area (Å²) < 4.78 is 21.6. The van der Waals surface area contributed by atoms with Crippen molar-refractivity contribution < 1.29 is 23.4 Å². The van der Waals surface area contributed by atoms with Crippen LogP contribution in [0.1, 0.15) is 16.3 Å². The highest BCUT2D eigenvalue weighted by Crippen LogP contribution is 2.36. The Morgan fingerprint density at radius 2 is 1.78 bits per heavy atom. The number of hydrogen-bond acceptors (Lipinski definition) is 5. The van der Waals surface area contributed by atoms with E-state index in [1.54, 1.807) is 24.3 Å². The fraction of sp³-hybridized carbons (Fsp3) is 0.150. The predicted octanol–water partition coefficient (Wildman–Crippen LogP) is 4.78. The highest BCUT2D eigenvalue weighted by Gasteiger charge is 2.16. The van der Waals surface area contributed by atoms with E-state index in [0.29, 0.717) is 28.0 Å².